The van der Waals surface area contributed by atoms with Crippen LogP contribution in [0.25, 0.3) is 0 Å². The molecule has 5 aromatic rings. The molecule has 4 atom stereocenters. The van der Waals surface area contributed by atoms with Crippen LogP contribution in [0.15, 0.2) is 85.1 Å². The van der Waals surface area contributed by atoms with Gasteiger partial charge in [0.05, 0.1) is 43.7 Å². The lowest BCUT2D eigenvalue weighted by molar-refractivity contribution is -0.0855. The van der Waals surface area contributed by atoms with Crippen LogP contribution in [0.2, 0.25) is 0 Å². The molecule has 2 aromatic heterocycles. The van der Waals surface area contributed by atoms with E-state index in [0.717, 1.165) is 95.0 Å². The number of hydrogen-bond acceptors (Lipinski definition) is 11. The van der Waals surface area contributed by atoms with Crippen LogP contribution in [0, 0.1) is 0 Å². The number of benzene rings is 3. The Morgan fingerprint density at radius 3 is 2.31 bits per heavy atom. The van der Waals surface area contributed by atoms with Crippen molar-refractivity contribution in [1.82, 2.24) is 19.9 Å². The number of halogens is 1. The summed E-state index contributed by atoms with van der Waals surface area (Å²) in [5.41, 5.74) is 5.90. The zero-order valence-corrected chi connectivity index (χ0v) is 39.9. The van der Waals surface area contributed by atoms with Crippen molar-refractivity contribution in [3.05, 3.63) is 124 Å². The summed E-state index contributed by atoms with van der Waals surface area (Å²) in [5, 5.41) is 10.4. The Labute approximate surface area is 393 Å². The molecule has 1 N–H and O–H groups in total. The average molecular weight is 914 g/mol. The minimum Gasteiger partial charge on any atom is -0.497 e. The van der Waals surface area contributed by atoms with Gasteiger partial charge in [0.25, 0.3) is 0 Å². The van der Waals surface area contributed by atoms with Crippen LogP contribution in [-0.4, -0.2) is 89.3 Å². The number of amides is 1. The Morgan fingerprint density at radius 1 is 0.955 bits per heavy atom. The Balaban J connectivity index is 1.09. The largest absolute Gasteiger partial charge is 0.497 e. The molecule has 0 unspecified atom stereocenters. The van der Waals surface area contributed by atoms with Gasteiger partial charge in [-0.05, 0) is 131 Å². The molecule has 67 heavy (non-hydrogen) atoms. The second-order valence-electron chi connectivity index (χ2n) is 19.8. The number of nitrogens with zero attached hydrogens (tertiary/aromatic N) is 7. The van der Waals surface area contributed by atoms with Crippen LogP contribution < -0.4 is 28.9 Å². The molecule has 354 valence electrons. The fourth-order valence-corrected chi connectivity index (χ4v) is 11.0. The summed E-state index contributed by atoms with van der Waals surface area (Å²) in [7, 11) is 5.39. The SMILES string of the molecule is COc1ccc(CN(Cc2ccc(OC)cc2)c2ncccc2[C@@H](C)N(C)c2nc(OC[C@@]34CCCN3C[C@H](F)C4)nc3c2CO[C@@]2(CCCc4ccc(N(C(=O)O)C(C)(C)C)cc42)C3)cc1. The number of carboxylic acid groups (broad SMARTS) is 1. The summed E-state index contributed by atoms with van der Waals surface area (Å²) in [6.07, 6.45) is 5.24. The number of carbonyl (C=O) groups is 1. The van der Waals surface area contributed by atoms with E-state index >= 15 is 0 Å². The molecule has 0 radical (unpaired) electrons. The number of methoxy groups -OCH3 is 2. The summed E-state index contributed by atoms with van der Waals surface area (Å²) >= 11 is 0. The molecule has 2 saturated heterocycles. The fraction of sp³-hybridized carbons (Fsp3) is 0.472. The lowest BCUT2D eigenvalue weighted by Crippen LogP contribution is -2.46. The summed E-state index contributed by atoms with van der Waals surface area (Å²) < 4.78 is 39.7. The number of hydrogen-bond donors (Lipinski definition) is 1. The van der Waals surface area contributed by atoms with Crippen LogP contribution in [0.5, 0.6) is 17.5 Å². The molecule has 13 nitrogen and oxygen atoms in total. The Hall–Kier alpha value is -5.99. The van der Waals surface area contributed by atoms with Crippen LogP contribution in [-0.2, 0) is 42.9 Å². The van der Waals surface area contributed by atoms with Gasteiger partial charge in [-0.2, -0.15) is 9.97 Å². The van der Waals surface area contributed by atoms with E-state index in [-0.39, 0.29) is 24.2 Å². The highest BCUT2D eigenvalue weighted by Crippen LogP contribution is 2.48. The van der Waals surface area contributed by atoms with Crippen molar-refractivity contribution in [3.8, 4) is 17.5 Å². The predicted molar refractivity (Wildman–Crippen MR) is 257 cm³/mol. The monoisotopic (exact) mass is 913 g/mol. The van der Waals surface area contributed by atoms with Crippen LogP contribution in [0.1, 0.15) is 105 Å². The van der Waals surface area contributed by atoms with Crippen molar-refractivity contribution in [2.45, 2.75) is 121 Å². The van der Waals surface area contributed by atoms with Crippen LogP contribution >= 0.6 is 0 Å². The number of fused-ring (bicyclic) bond motifs is 4. The number of ether oxygens (including phenoxy) is 4. The molecule has 3 aliphatic heterocycles. The number of aromatic nitrogens is 3. The van der Waals surface area contributed by atoms with E-state index in [9.17, 15) is 14.3 Å². The summed E-state index contributed by atoms with van der Waals surface area (Å²) in [6, 6.07) is 26.4. The highest BCUT2D eigenvalue weighted by atomic mass is 19.1. The quantitative estimate of drug-likeness (QED) is 0.114. The number of anilines is 3. The fourth-order valence-electron chi connectivity index (χ4n) is 11.0. The van der Waals surface area contributed by atoms with Crippen LogP contribution in [0.4, 0.5) is 26.5 Å². The van der Waals surface area contributed by atoms with Crippen LogP contribution in [0.3, 0.4) is 0 Å². The number of alkyl halides is 1. The van der Waals surface area contributed by atoms with Crippen molar-refractivity contribution in [1.29, 1.82) is 0 Å². The van der Waals surface area contributed by atoms with Gasteiger partial charge in [0, 0.05) is 68.1 Å². The molecule has 1 spiro atoms. The number of rotatable bonds is 14. The zero-order valence-electron chi connectivity index (χ0n) is 39.9. The van der Waals surface area contributed by atoms with Gasteiger partial charge in [0.2, 0.25) is 0 Å². The van der Waals surface area contributed by atoms with Gasteiger partial charge in [-0.1, -0.05) is 36.4 Å². The Kier molecular flexibility index (Phi) is 12.8. The van der Waals surface area contributed by atoms with Crippen molar-refractivity contribution >= 4 is 23.4 Å². The molecule has 14 heteroatoms. The minimum absolute atomic E-state index is 0.232. The number of aryl methyl sites for hydroxylation is 1. The molecule has 1 aliphatic carbocycles. The van der Waals surface area contributed by atoms with Crippen molar-refractivity contribution in [3.63, 3.8) is 0 Å². The molecular weight excluding hydrogens is 850 g/mol. The van der Waals surface area contributed by atoms with E-state index in [4.69, 9.17) is 33.9 Å². The lowest BCUT2D eigenvalue weighted by atomic mass is 9.74. The zero-order chi connectivity index (χ0) is 47.1. The topological polar surface area (TPSA) is 126 Å². The summed E-state index contributed by atoms with van der Waals surface area (Å²) in [6.45, 7) is 10.9. The van der Waals surface area contributed by atoms with Gasteiger partial charge in [0.1, 0.15) is 35.9 Å². The molecule has 0 saturated carbocycles. The normalized spacial score (nSPS) is 21.5. The van der Waals surface area contributed by atoms with Gasteiger partial charge in [-0.15, -0.1) is 0 Å². The Morgan fingerprint density at radius 2 is 1.66 bits per heavy atom. The van der Waals surface area contributed by atoms with E-state index < -0.39 is 23.4 Å². The summed E-state index contributed by atoms with van der Waals surface area (Å²) in [4.78, 5) is 36.3. The smallest absolute Gasteiger partial charge is 0.412 e. The van der Waals surface area contributed by atoms with E-state index in [1.807, 2.05) is 76.5 Å². The van der Waals surface area contributed by atoms with E-state index in [0.29, 0.717) is 50.6 Å². The number of pyridine rings is 1. The highest BCUT2D eigenvalue weighted by Gasteiger charge is 2.50. The highest BCUT2D eigenvalue weighted by molar-refractivity contribution is 5.88. The first-order valence-corrected chi connectivity index (χ1v) is 23.6. The van der Waals surface area contributed by atoms with Crippen molar-refractivity contribution in [2.75, 3.05) is 55.7 Å². The molecule has 2 fully saturated rings. The first kappa shape index (κ1) is 46.1. The van der Waals surface area contributed by atoms with E-state index in [1.165, 1.54) is 4.90 Å². The molecule has 1 amide bonds. The molecule has 0 bridgehead atoms. The second kappa shape index (κ2) is 18.6. The molecular formula is C53H64FN7O6. The van der Waals surface area contributed by atoms with Crippen molar-refractivity contribution < 1.29 is 33.2 Å². The van der Waals surface area contributed by atoms with Gasteiger partial charge >= 0.3 is 12.1 Å². The first-order chi connectivity index (χ1) is 32.2. The van der Waals surface area contributed by atoms with Gasteiger partial charge in [-0.25, -0.2) is 14.2 Å². The van der Waals surface area contributed by atoms with E-state index in [1.54, 1.807) is 14.2 Å². The maximum absolute atomic E-state index is 15.0. The Bertz CT molecular complexity index is 2520. The van der Waals surface area contributed by atoms with Gasteiger partial charge in [0.15, 0.2) is 0 Å². The first-order valence-electron chi connectivity index (χ1n) is 23.6. The van der Waals surface area contributed by atoms with Crippen molar-refractivity contribution in [2.24, 2.45) is 0 Å². The average Bonchev–Trinajstić information content (AvgIpc) is 3.85. The summed E-state index contributed by atoms with van der Waals surface area (Å²) in [5.74, 6) is 3.12. The lowest BCUT2D eigenvalue weighted by Gasteiger charge is -2.44. The maximum Gasteiger partial charge on any atom is 0.412 e. The standard InChI is InChI=1S/C53H64FN7O6/c1-35(43-12-9-25-55-47(43)59(30-36-13-19-41(64-6)20-14-36)31-37-15-21-42(65-7)22-16-37)58(5)48-44-33-67-53(24-8-11-38-17-18-40(27-45(38)53)61(50(62)63)51(2,3)4)29-46(44)56-49(57-48)66-34-52-23-10-26-60(52)32-39(54)28-52/h9,12-22,25,27,35,39H,8,10-11,23-24,26,28-34H2,1-7H3,(H,62,63)/t35-,39-,52+,53+/m1/s1. The molecule has 4 aliphatic rings. The third-order valence-electron chi connectivity index (χ3n) is 14.5. The van der Waals surface area contributed by atoms with E-state index in [2.05, 4.69) is 58.0 Å². The second-order valence-corrected chi connectivity index (χ2v) is 19.8. The molecule has 5 heterocycles. The third kappa shape index (κ3) is 9.22. The van der Waals surface area contributed by atoms with Gasteiger partial charge in [-0.3, -0.25) is 9.80 Å². The predicted octanol–water partition coefficient (Wildman–Crippen LogP) is 9.84. The molecule has 3 aromatic carbocycles. The minimum atomic E-state index is -1.01. The molecule has 9 rings (SSSR count). The maximum atomic E-state index is 15.0. The third-order valence-corrected chi connectivity index (χ3v) is 14.5. The van der Waals surface area contributed by atoms with Gasteiger partial charge < -0.3 is 33.9 Å².